The minimum atomic E-state index is -4.37. The number of nitrogens with zero attached hydrogens (tertiary/aromatic N) is 10. The Labute approximate surface area is 622 Å². The van der Waals surface area contributed by atoms with E-state index < -0.39 is 64.5 Å². The van der Waals surface area contributed by atoms with Crippen LogP contribution in [-0.4, -0.2) is 116 Å². The Morgan fingerprint density at radius 1 is 0.557 bits per heavy atom. The molecule has 6 aliphatic rings. The molecule has 10 heterocycles. The van der Waals surface area contributed by atoms with E-state index in [0.29, 0.717) is 77.2 Å². The topological polar surface area (TPSA) is 289 Å². The Kier molecular flexibility index (Phi) is 21.8. The molecule has 6 aromatic heterocycles. The number of nitrogens with one attached hydrogen (secondary N) is 3. The zero-order valence-corrected chi connectivity index (χ0v) is 63.7. The van der Waals surface area contributed by atoms with E-state index in [9.17, 15) is 48.4 Å². The van der Waals surface area contributed by atoms with Crippen molar-refractivity contribution in [2.75, 3.05) is 45.8 Å². The van der Waals surface area contributed by atoms with E-state index >= 15 is 0 Å². The molecule has 564 valence electrons. The van der Waals surface area contributed by atoms with Crippen LogP contribution >= 0.6 is 0 Å². The summed E-state index contributed by atoms with van der Waals surface area (Å²) in [6, 6.07) is 33.2. The van der Waals surface area contributed by atoms with Gasteiger partial charge in [0.1, 0.15) is 46.4 Å². The van der Waals surface area contributed by atoms with E-state index in [1.165, 1.54) is 79.1 Å². The number of carbonyl (C=O) groups excluding carboxylic acids is 3. The third-order valence-electron chi connectivity index (χ3n) is 21.0. The fourth-order valence-electron chi connectivity index (χ4n) is 16.4. The zero-order chi connectivity index (χ0) is 75.8. The Morgan fingerprint density at radius 3 is 1.62 bits per heavy atom. The number of hydrogen-bond acceptors (Lipinski definition) is 20. The molecule has 3 N–H and O–H groups in total. The highest BCUT2D eigenvalue weighted by Gasteiger charge is 2.45. The van der Waals surface area contributed by atoms with Gasteiger partial charge in [0.25, 0.3) is 47.8 Å². The molecular formula is C78H95F2N13O10S3. The third-order valence-corrected chi connectivity index (χ3v) is 25.0. The van der Waals surface area contributed by atoms with Crippen LogP contribution in [0.2, 0.25) is 0 Å². The van der Waals surface area contributed by atoms with Crippen LogP contribution in [0.5, 0.6) is 5.88 Å². The number of amides is 3. The minimum Gasteiger partial charge on any atom is -0.473 e. The molecule has 2 saturated carbocycles. The fraction of sp³-hybridized carbons (Fsp3) is 0.423. The molecule has 28 heteroatoms. The van der Waals surface area contributed by atoms with Gasteiger partial charge in [-0.25, -0.2) is 51.3 Å². The lowest BCUT2D eigenvalue weighted by Gasteiger charge is -2.34. The molecule has 4 aliphatic heterocycles. The Bertz CT molecular complexity index is 5030. The first-order valence-corrected chi connectivity index (χ1v) is 40.3. The second-order valence-electron chi connectivity index (χ2n) is 30.8. The van der Waals surface area contributed by atoms with Crippen LogP contribution in [0.1, 0.15) is 175 Å². The summed E-state index contributed by atoms with van der Waals surface area (Å²) in [4.78, 5) is 74.4. The largest absolute Gasteiger partial charge is 0.473 e. The average Bonchev–Trinajstić information content (AvgIpc) is 1.56. The van der Waals surface area contributed by atoms with Gasteiger partial charge in [-0.15, -0.1) is 0 Å². The smallest absolute Gasteiger partial charge is 0.281 e. The molecule has 0 spiro atoms. The maximum Gasteiger partial charge on any atom is 0.281 e. The molecule has 14 rings (SSSR count). The molecule has 5 unspecified atom stereocenters. The summed E-state index contributed by atoms with van der Waals surface area (Å²) in [6.07, 6.45) is 13.4. The highest BCUT2D eigenvalue weighted by Crippen LogP contribution is 2.53. The molecule has 2 aromatic carbocycles. The van der Waals surface area contributed by atoms with Gasteiger partial charge in [-0.1, -0.05) is 63.6 Å². The van der Waals surface area contributed by atoms with Gasteiger partial charge < -0.3 is 24.3 Å². The summed E-state index contributed by atoms with van der Waals surface area (Å²) in [5, 5.41) is -0.638. The molecule has 106 heavy (non-hydrogen) atoms. The number of benzene rings is 2. The van der Waals surface area contributed by atoms with E-state index in [1.54, 1.807) is 61.8 Å². The van der Waals surface area contributed by atoms with Crippen LogP contribution < -0.4 is 38.5 Å². The quantitative estimate of drug-likeness (QED) is 0.0763. The van der Waals surface area contributed by atoms with Crippen molar-refractivity contribution in [1.82, 2.24) is 44.1 Å². The summed E-state index contributed by atoms with van der Waals surface area (Å²) in [5.74, 6) is 1.41. The van der Waals surface area contributed by atoms with Gasteiger partial charge in [0.05, 0.1) is 22.4 Å². The van der Waals surface area contributed by atoms with Gasteiger partial charge in [-0.3, -0.25) is 19.4 Å². The van der Waals surface area contributed by atoms with E-state index in [-0.39, 0.29) is 58.6 Å². The Hall–Kier alpha value is -9.54. The lowest BCUT2D eigenvalue weighted by Crippen LogP contribution is -2.41. The first-order chi connectivity index (χ1) is 50.1. The second-order valence-corrected chi connectivity index (χ2v) is 35.7. The van der Waals surface area contributed by atoms with Crippen molar-refractivity contribution in [2.24, 2.45) is 29.6 Å². The molecule has 2 aliphatic carbocycles. The molecule has 6 atom stereocenters. The summed E-state index contributed by atoms with van der Waals surface area (Å²) >= 11 is 0. The van der Waals surface area contributed by atoms with Gasteiger partial charge in [0.15, 0.2) is 10.1 Å². The molecule has 23 nitrogen and oxygen atoms in total. The molecule has 3 amide bonds. The highest BCUT2D eigenvalue weighted by molar-refractivity contribution is 7.90. The number of aromatic nitrogens is 6. The summed E-state index contributed by atoms with van der Waals surface area (Å²) in [5.41, 5.74) is 4.01. The number of carbonyl (C=O) groups is 3. The number of hydrogen-bond donors (Lipinski definition) is 3. The van der Waals surface area contributed by atoms with Crippen molar-refractivity contribution in [3.05, 3.63) is 202 Å². The lowest BCUT2D eigenvalue weighted by atomic mass is 9.86. The number of fused-ring (bicyclic) bond motifs is 3. The number of anilines is 4. The molecule has 3 saturated heterocycles. The number of halogens is 2. The molecule has 2 bridgehead atoms. The highest BCUT2D eigenvalue weighted by atomic mass is 32.2. The van der Waals surface area contributed by atoms with Gasteiger partial charge in [0.2, 0.25) is 5.88 Å². The summed E-state index contributed by atoms with van der Waals surface area (Å²) < 4.78 is 117. The summed E-state index contributed by atoms with van der Waals surface area (Å²) in [7, 11) is -12.6. The van der Waals surface area contributed by atoms with Crippen LogP contribution in [0.4, 0.5) is 32.1 Å². The Balaban J connectivity index is 0.000000171. The van der Waals surface area contributed by atoms with E-state index in [2.05, 4.69) is 128 Å². The van der Waals surface area contributed by atoms with E-state index in [0.717, 1.165) is 75.5 Å². The third kappa shape index (κ3) is 16.8. The van der Waals surface area contributed by atoms with Gasteiger partial charge in [0, 0.05) is 100 Å². The maximum absolute atomic E-state index is 13.8. The number of pyridine rings is 6. The lowest BCUT2D eigenvalue weighted by molar-refractivity contribution is 0.0972. The van der Waals surface area contributed by atoms with Crippen molar-refractivity contribution in [2.45, 2.75) is 171 Å². The van der Waals surface area contributed by atoms with Crippen LogP contribution in [0.25, 0.3) is 0 Å². The van der Waals surface area contributed by atoms with Crippen molar-refractivity contribution in [3.8, 4) is 5.88 Å². The molecule has 0 radical (unpaired) electrons. The first-order valence-electron chi connectivity index (χ1n) is 35.8. The van der Waals surface area contributed by atoms with Crippen molar-refractivity contribution in [3.63, 3.8) is 0 Å². The van der Waals surface area contributed by atoms with Gasteiger partial charge in [-0.05, 0) is 213 Å². The SMILES string of the molecule is CC1CN(c2ncccc2C(=O)NS(=O)(=O)c2cccc(N3CCc4ccccc4C3)n2)C(C)(C)C1.CC1CN(c2ncccc2C(=O)NS(=O)(=O)c2cccc(OCc3ccc(F)cc3F)n2)C(C)(C)C1.Cc1ncccc1S(=O)(=O)NC(=O)c1ccc(C2CC3CCC2C3)nc1N1C[C@@H](C)CC1(C)C.[HH].[HH]. The number of sulfonamides is 3. The predicted octanol–water partition coefficient (Wildman–Crippen LogP) is 12.8. The first kappa shape index (κ1) is 76.1. The van der Waals surface area contributed by atoms with Crippen molar-refractivity contribution in [1.29, 1.82) is 0 Å². The van der Waals surface area contributed by atoms with Crippen molar-refractivity contribution < 1.29 is 56.0 Å². The van der Waals surface area contributed by atoms with E-state index in [4.69, 9.17) is 9.72 Å². The van der Waals surface area contributed by atoms with E-state index in [1.807, 2.05) is 23.1 Å². The van der Waals surface area contributed by atoms with Crippen LogP contribution in [-0.2, 0) is 49.6 Å². The van der Waals surface area contributed by atoms with Crippen LogP contribution in [0, 0.1) is 48.1 Å². The predicted molar refractivity (Wildman–Crippen MR) is 404 cm³/mol. The standard InChI is InChI=1S/C27H31N5O3S.C26H34N4O3S.C25H26F2N4O4S.2H2/c1-19-16-27(2,3)32(17-19)25-22(10-7-14-28-25)26(33)30-36(34,35)24-12-6-11-23(29-24)31-15-13-20-8-4-5-9-21(20)18-31;1-16-14-26(3,4)30(15-16)24-20(9-10-22(28-24)21-13-18-7-8-19(21)12-18)25(31)29-34(32,33)23-6-5-11-27-17(23)2;1-16-13-25(2,3)31(14-16)23-19(6-5-11-28-23)24(32)30-36(33,34)22-8-4-7-21(29-22)35-15-17-9-10-18(26)12-20(17)27;;/h4-12,14,19H,13,15-18H2,1-3H3,(H,30,33);5-6,9-11,16,18-19,21H,7-8,12-15H2,1-4H3,(H,29,31);4-12,16H,13-15H2,1-3H3,(H,30,32);2*1H/t;16-,18?,19?,21?;;;/m.0.../s1. The van der Waals surface area contributed by atoms with Crippen LogP contribution in [0.15, 0.2) is 161 Å². The summed E-state index contributed by atoms with van der Waals surface area (Å²) in [6.45, 7) is 24.1. The fourth-order valence-corrected chi connectivity index (χ4v) is 19.4. The molecular weight excluding hydrogens is 1410 g/mol. The molecule has 8 aromatic rings. The zero-order valence-electron chi connectivity index (χ0n) is 61.3. The minimum absolute atomic E-state index is 0. The number of aryl methyl sites for hydroxylation is 1. The van der Waals surface area contributed by atoms with Gasteiger partial charge in [-0.2, -0.15) is 21.8 Å². The number of rotatable bonds is 17. The van der Waals surface area contributed by atoms with Crippen LogP contribution in [0.3, 0.4) is 0 Å². The van der Waals surface area contributed by atoms with Crippen molar-refractivity contribution >= 4 is 71.1 Å². The maximum atomic E-state index is 13.8. The normalized spacial score (nSPS) is 21.2. The average molecular weight is 1510 g/mol. The monoisotopic (exact) mass is 1510 g/mol. The second kappa shape index (κ2) is 30.4. The van der Waals surface area contributed by atoms with Gasteiger partial charge >= 0.3 is 0 Å². The Morgan fingerprint density at radius 2 is 1.08 bits per heavy atom. The molecule has 5 fully saturated rings. The number of ether oxygens (including phenoxy) is 1.